The highest BCUT2D eigenvalue weighted by Gasteiger charge is 2.03. The molecule has 0 fully saturated rings. The molecule has 0 aliphatic heterocycles. The first-order valence-corrected chi connectivity index (χ1v) is 5.37. The third-order valence-corrected chi connectivity index (χ3v) is 2.30. The van der Waals surface area contributed by atoms with Crippen LogP contribution in [0.1, 0.15) is 6.42 Å². The van der Waals surface area contributed by atoms with Crippen LogP contribution in [0.3, 0.4) is 0 Å². The molecule has 84 valence electrons. The van der Waals surface area contributed by atoms with Gasteiger partial charge in [-0.25, -0.2) is 0 Å². The van der Waals surface area contributed by atoms with E-state index in [1.165, 1.54) is 0 Å². The van der Waals surface area contributed by atoms with E-state index < -0.39 is 0 Å². The topological polar surface area (TPSA) is 30.5 Å². The summed E-state index contributed by atoms with van der Waals surface area (Å²) in [5.74, 6) is 2.23. The number of halogens is 1. The van der Waals surface area contributed by atoms with E-state index in [0.717, 1.165) is 30.2 Å². The van der Waals surface area contributed by atoms with Crippen LogP contribution in [0.4, 0.5) is 5.69 Å². The van der Waals surface area contributed by atoms with Crippen molar-refractivity contribution < 1.29 is 9.47 Å². The number of hydrogen-bond donors (Lipinski definition) is 1. The Morgan fingerprint density at radius 2 is 2.07 bits per heavy atom. The Labute approximate surface area is 95.3 Å². The fourth-order valence-corrected chi connectivity index (χ4v) is 1.37. The first-order valence-electron chi connectivity index (χ1n) is 4.83. The highest BCUT2D eigenvalue weighted by Crippen LogP contribution is 2.28. The maximum atomic E-state index is 5.60. The predicted molar refractivity (Wildman–Crippen MR) is 63.4 cm³/mol. The molecule has 4 heteroatoms. The molecule has 0 bridgehead atoms. The molecule has 0 radical (unpaired) electrons. The van der Waals surface area contributed by atoms with Gasteiger partial charge in [0.2, 0.25) is 0 Å². The van der Waals surface area contributed by atoms with Crippen LogP contribution in [0.5, 0.6) is 11.5 Å². The standard InChI is InChI=1S/C11H16ClNO2/c1-14-9-4-5-10(11(8-9)15-2)13-7-3-6-12/h4-5,8,13H,3,6-7H2,1-2H3. The Morgan fingerprint density at radius 3 is 2.67 bits per heavy atom. The van der Waals surface area contributed by atoms with Crippen LogP contribution < -0.4 is 14.8 Å². The zero-order valence-corrected chi connectivity index (χ0v) is 9.80. The Hall–Kier alpha value is -1.09. The molecule has 0 saturated heterocycles. The second-order valence-electron chi connectivity index (χ2n) is 3.04. The fourth-order valence-electron chi connectivity index (χ4n) is 1.23. The molecule has 15 heavy (non-hydrogen) atoms. The van der Waals surface area contributed by atoms with Gasteiger partial charge in [0.05, 0.1) is 19.9 Å². The highest BCUT2D eigenvalue weighted by atomic mass is 35.5. The summed E-state index contributed by atoms with van der Waals surface area (Å²) < 4.78 is 10.4. The summed E-state index contributed by atoms with van der Waals surface area (Å²) in [6.07, 6.45) is 0.927. The fraction of sp³-hybridized carbons (Fsp3) is 0.455. The summed E-state index contributed by atoms with van der Waals surface area (Å²) in [4.78, 5) is 0. The van der Waals surface area contributed by atoms with E-state index in [9.17, 15) is 0 Å². The third kappa shape index (κ3) is 3.51. The maximum Gasteiger partial charge on any atom is 0.145 e. The number of hydrogen-bond acceptors (Lipinski definition) is 3. The molecular weight excluding hydrogens is 214 g/mol. The molecule has 3 nitrogen and oxygen atoms in total. The molecule has 0 amide bonds. The first-order chi connectivity index (χ1) is 7.31. The number of anilines is 1. The molecule has 0 spiro atoms. The summed E-state index contributed by atoms with van der Waals surface area (Å²) in [5.41, 5.74) is 0.961. The van der Waals surface area contributed by atoms with Gasteiger partial charge < -0.3 is 14.8 Å². The zero-order valence-electron chi connectivity index (χ0n) is 9.05. The minimum absolute atomic E-state index is 0.658. The molecule has 0 aliphatic carbocycles. The number of nitrogens with one attached hydrogen (secondary N) is 1. The van der Waals surface area contributed by atoms with Gasteiger partial charge in [-0.1, -0.05) is 0 Å². The summed E-state index contributed by atoms with van der Waals surface area (Å²) in [6, 6.07) is 5.68. The normalized spacial score (nSPS) is 9.80. The average molecular weight is 230 g/mol. The Balaban J connectivity index is 2.69. The molecule has 1 aromatic rings. The molecule has 1 aromatic carbocycles. The lowest BCUT2D eigenvalue weighted by atomic mass is 10.2. The van der Waals surface area contributed by atoms with E-state index in [-0.39, 0.29) is 0 Å². The van der Waals surface area contributed by atoms with Crippen LogP contribution in [0, 0.1) is 0 Å². The first kappa shape index (κ1) is 12.0. The van der Waals surface area contributed by atoms with E-state index in [4.69, 9.17) is 21.1 Å². The van der Waals surface area contributed by atoms with Gasteiger partial charge in [-0.15, -0.1) is 11.6 Å². The van der Waals surface area contributed by atoms with Crippen LogP contribution >= 0.6 is 11.6 Å². The molecule has 0 heterocycles. The van der Waals surface area contributed by atoms with E-state index in [1.54, 1.807) is 14.2 Å². The summed E-state index contributed by atoms with van der Waals surface area (Å²) >= 11 is 5.60. The molecule has 0 atom stereocenters. The number of rotatable bonds is 6. The molecule has 1 N–H and O–H groups in total. The van der Waals surface area contributed by atoms with Gasteiger partial charge in [0.1, 0.15) is 11.5 Å². The second-order valence-corrected chi connectivity index (χ2v) is 3.41. The summed E-state index contributed by atoms with van der Waals surface area (Å²) in [5, 5.41) is 3.25. The summed E-state index contributed by atoms with van der Waals surface area (Å²) in [6.45, 7) is 0.839. The van der Waals surface area contributed by atoms with Crippen LogP contribution in [0.2, 0.25) is 0 Å². The van der Waals surface area contributed by atoms with Gasteiger partial charge in [-0.3, -0.25) is 0 Å². The number of benzene rings is 1. The number of ether oxygens (including phenoxy) is 2. The van der Waals surface area contributed by atoms with E-state index in [2.05, 4.69) is 5.32 Å². The zero-order chi connectivity index (χ0) is 11.1. The van der Waals surface area contributed by atoms with E-state index in [0.29, 0.717) is 5.88 Å². The monoisotopic (exact) mass is 229 g/mol. The lowest BCUT2D eigenvalue weighted by Gasteiger charge is -2.11. The van der Waals surface area contributed by atoms with Crippen LogP contribution in [-0.2, 0) is 0 Å². The lowest BCUT2D eigenvalue weighted by molar-refractivity contribution is 0.395. The van der Waals surface area contributed by atoms with Crippen molar-refractivity contribution in [3.63, 3.8) is 0 Å². The second kappa shape index (κ2) is 6.40. The van der Waals surface area contributed by atoms with Crippen molar-refractivity contribution in [1.82, 2.24) is 0 Å². The van der Waals surface area contributed by atoms with Crippen molar-refractivity contribution in [3.8, 4) is 11.5 Å². The van der Waals surface area contributed by atoms with E-state index in [1.807, 2.05) is 18.2 Å². The van der Waals surface area contributed by atoms with Gasteiger partial charge in [-0.05, 0) is 18.6 Å². The average Bonchev–Trinajstić information content (AvgIpc) is 2.29. The number of alkyl halides is 1. The third-order valence-electron chi connectivity index (χ3n) is 2.03. The molecular formula is C11H16ClNO2. The molecule has 0 saturated carbocycles. The van der Waals surface area contributed by atoms with E-state index >= 15 is 0 Å². The van der Waals surface area contributed by atoms with Crippen molar-refractivity contribution in [2.75, 3.05) is 32.0 Å². The van der Waals surface area contributed by atoms with Crippen molar-refractivity contribution in [2.45, 2.75) is 6.42 Å². The predicted octanol–water partition coefficient (Wildman–Crippen LogP) is 2.74. The van der Waals surface area contributed by atoms with Gasteiger partial charge in [0.15, 0.2) is 0 Å². The van der Waals surface area contributed by atoms with Crippen molar-refractivity contribution in [2.24, 2.45) is 0 Å². The minimum atomic E-state index is 0.658. The van der Waals surface area contributed by atoms with Gasteiger partial charge >= 0.3 is 0 Å². The van der Waals surface area contributed by atoms with Crippen LogP contribution in [0.15, 0.2) is 18.2 Å². The largest absolute Gasteiger partial charge is 0.497 e. The van der Waals surface area contributed by atoms with Crippen molar-refractivity contribution >= 4 is 17.3 Å². The van der Waals surface area contributed by atoms with Crippen LogP contribution in [-0.4, -0.2) is 26.6 Å². The van der Waals surface area contributed by atoms with Gasteiger partial charge in [0.25, 0.3) is 0 Å². The van der Waals surface area contributed by atoms with Gasteiger partial charge in [0, 0.05) is 18.5 Å². The molecule has 0 aromatic heterocycles. The minimum Gasteiger partial charge on any atom is -0.497 e. The molecule has 0 aliphatic rings. The molecule has 0 unspecified atom stereocenters. The van der Waals surface area contributed by atoms with Crippen molar-refractivity contribution in [3.05, 3.63) is 18.2 Å². The SMILES string of the molecule is COc1ccc(NCCCCl)c(OC)c1. The lowest BCUT2D eigenvalue weighted by Crippen LogP contribution is -2.03. The van der Waals surface area contributed by atoms with Crippen LogP contribution in [0.25, 0.3) is 0 Å². The number of methoxy groups -OCH3 is 2. The highest BCUT2D eigenvalue weighted by molar-refractivity contribution is 6.17. The Kier molecular flexibility index (Phi) is 5.12. The quantitative estimate of drug-likeness (QED) is 0.601. The van der Waals surface area contributed by atoms with Gasteiger partial charge in [-0.2, -0.15) is 0 Å². The smallest absolute Gasteiger partial charge is 0.145 e. The molecule has 1 rings (SSSR count). The van der Waals surface area contributed by atoms with Crippen molar-refractivity contribution in [1.29, 1.82) is 0 Å². The maximum absolute atomic E-state index is 5.60. The Bertz CT molecular complexity index is 305. The Morgan fingerprint density at radius 1 is 1.27 bits per heavy atom. The summed E-state index contributed by atoms with van der Waals surface area (Å²) in [7, 11) is 3.27.